The molecule has 1 unspecified atom stereocenters. The highest BCUT2D eigenvalue weighted by Crippen LogP contribution is 2.34. The van der Waals surface area contributed by atoms with Crippen molar-refractivity contribution in [3.63, 3.8) is 0 Å². The molecule has 0 fully saturated rings. The van der Waals surface area contributed by atoms with Crippen molar-refractivity contribution in [3.8, 4) is 11.5 Å². The van der Waals surface area contributed by atoms with Crippen LogP contribution < -0.4 is 14.8 Å². The van der Waals surface area contributed by atoms with Crippen molar-refractivity contribution in [2.75, 3.05) is 6.79 Å². The minimum atomic E-state index is -0.171. The summed E-state index contributed by atoms with van der Waals surface area (Å²) in [5, 5.41) is 3.56. The lowest BCUT2D eigenvalue weighted by molar-refractivity contribution is -0.117. The van der Waals surface area contributed by atoms with Crippen LogP contribution in [-0.4, -0.2) is 12.7 Å². The fourth-order valence-electron chi connectivity index (χ4n) is 2.31. The summed E-state index contributed by atoms with van der Waals surface area (Å²) >= 11 is 5.91. The second-order valence-corrected chi connectivity index (χ2v) is 5.67. The minimum Gasteiger partial charge on any atom is -0.454 e. The maximum Gasteiger partial charge on any atom is 0.244 e. The molecule has 0 bridgehead atoms. The quantitative estimate of drug-likeness (QED) is 0.864. The lowest BCUT2D eigenvalue weighted by Crippen LogP contribution is -2.24. The Morgan fingerprint density at radius 2 is 2.04 bits per heavy atom. The molecule has 0 aromatic heterocycles. The van der Waals surface area contributed by atoms with Crippen molar-refractivity contribution in [2.24, 2.45) is 0 Å². The van der Waals surface area contributed by atoms with Crippen LogP contribution in [0.1, 0.15) is 24.1 Å². The van der Waals surface area contributed by atoms with E-state index >= 15 is 0 Å². The van der Waals surface area contributed by atoms with Gasteiger partial charge < -0.3 is 14.8 Å². The molecular formula is C18H16ClNO3. The Hall–Kier alpha value is -2.46. The number of carbonyl (C=O) groups is 1. The van der Waals surface area contributed by atoms with Crippen molar-refractivity contribution in [1.82, 2.24) is 5.32 Å². The van der Waals surface area contributed by atoms with Gasteiger partial charge in [-0.3, -0.25) is 4.79 Å². The summed E-state index contributed by atoms with van der Waals surface area (Å²) in [5.74, 6) is 1.27. The zero-order valence-corrected chi connectivity index (χ0v) is 13.3. The van der Waals surface area contributed by atoms with Gasteiger partial charge in [-0.25, -0.2) is 0 Å². The Balaban J connectivity index is 1.63. The highest BCUT2D eigenvalue weighted by molar-refractivity contribution is 6.30. The second-order valence-electron chi connectivity index (χ2n) is 5.23. The molecule has 1 N–H and O–H groups in total. The van der Waals surface area contributed by atoms with E-state index in [2.05, 4.69) is 5.32 Å². The van der Waals surface area contributed by atoms with Gasteiger partial charge in [0.1, 0.15) is 0 Å². The normalized spacial score (nSPS) is 14.0. The molecule has 0 saturated carbocycles. The largest absolute Gasteiger partial charge is 0.454 e. The van der Waals surface area contributed by atoms with Crippen LogP contribution in [0.4, 0.5) is 0 Å². The SMILES string of the molecule is CC(NC(=O)C=Cc1cccc(Cl)c1)c1ccc2c(c1)OCO2. The molecule has 1 atom stereocenters. The van der Waals surface area contributed by atoms with E-state index in [1.807, 2.05) is 37.3 Å². The number of hydrogen-bond donors (Lipinski definition) is 1. The molecular weight excluding hydrogens is 314 g/mol. The number of hydrogen-bond acceptors (Lipinski definition) is 3. The van der Waals surface area contributed by atoms with E-state index in [0.29, 0.717) is 10.8 Å². The average molecular weight is 330 g/mol. The van der Waals surface area contributed by atoms with E-state index in [9.17, 15) is 4.79 Å². The third kappa shape index (κ3) is 3.85. The van der Waals surface area contributed by atoms with Gasteiger partial charge in [0.15, 0.2) is 11.5 Å². The smallest absolute Gasteiger partial charge is 0.244 e. The molecule has 3 rings (SSSR count). The van der Waals surface area contributed by atoms with Crippen molar-refractivity contribution in [3.05, 3.63) is 64.7 Å². The molecule has 1 aliphatic rings. The van der Waals surface area contributed by atoms with E-state index in [4.69, 9.17) is 21.1 Å². The Bertz CT molecular complexity index is 758. The Labute approximate surface area is 139 Å². The maximum absolute atomic E-state index is 12.0. The maximum atomic E-state index is 12.0. The van der Waals surface area contributed by atoms with Crippen molar-refractivity contribution in [1.29, 1.82) is 0 Å². The Morgan fingerprint density at radius 1 is 1.22 bits per heavy atom. The number of rotatable bonds is 4. The number of amides is 1. The number of benzene rings is 2. The highest BCUT2D eigenvalue weighted by Gasteiger charge is 2.16. The van der Waals surface area contributed by atoms with Gasteiger partial charge in [0, 0.05) is 11.1 Å². The van der Waals surface area contributed by atoms with Crippen LogP contribution >= 0.6 is 11.6 Å². The van der Waals surface area contributed by atoms with Crippen molar-refractivity contribution < 1.29 is 14.3 Å². The fraction of sp³-hybridized carbons (Fsp3) is 0.167. The van der Waals surface area contributed by atoms with E-state index < -0.39 is 0 Å². The van der Waals surface area contributed by atoms with E-state index in [1.165, 1.54) is 6.08 Å². The van der Waals surface area contributed by atoms with Crippen LogP contribution in [-0.2, 0) is 4.79 Å². The predicted molar refractivity (Wildman–Crippen MR) is 89.6 cm³/mol. The van der Waals surface area contributed by atoms with Gasteiger partial charge in [0.2, 0.25) is 12.7 Å². The lowest BCUT2D eigenvalue weighted by Gasteiger charge is -2.13. The highest BCUT2D eigenvalue weighted by atomic mass is 35.5. The number of carbonyl (C=O) groups excluding carboxylic acids is 1. The third-order valence-electron chi connectivity index (χ3n) is 3.53. The topological polar surface area (TPSA) is 47.6 Å². The molecule has 0 saturated heterocycles. The molecule has 23 heavy (non-hydrogen) atoms. The van der Waals surface area contributed by atoms with E-state index in [-0.39, 0.29) is 18.7 Å². The molecule has 0 spiro atoms. The number of fused-ring (bicyclic) bond motifs is 1. The number of halogens is 1. The average Bonchev–Trinajstić information content (AvgIpc) is 3.00. The predicted octanol–water partition coefficient (Wildman–Crippen LogP) is 3.96. The van der Waals surface area contributed by atoms with Gasteiger partial charge >= 0.3 is 0 Å². The zero-order chi connectivity index (χ0) is 16.2. The van der Waals surface area contributed by atoms with Crippen LogP contribution in [0.5, 0.6) is 11.5 Å². The van der Waals surface area contributed by atoms with Crippen LogP contribution in [0.25, 0.3) is 6.08 Å². The first-order chi connectivity index (χ1) is 11.1. The van der Waals surface area contributed by atoms with E-state index in [1.54, 1.807) is 18.2 Å². The second kappa shape index (κ2) is 6.75. The van der Waals surface area contributed by atoms with Crippen LogP contribution in [0.2, 0.25) is 5.02 Å². The fourth-order valence-corrected chi connectivity index (χ4v) is 2.51. The summed E-state index contributed by atoms with van der Waals surface area (Å²) < 4.78 is 10.6. The zero-order valence-electron chi connectivity index (χ0n) is 12.6. The molecule has 0 radical (unpaired) electrons. The Morgan fingerprint density at radius 3 is 2.87 bits per heavy atom. The molecule has 1 amide bonds. The van der Waals surface area contributed by atoms with Crippen LogP contribution in [0, 0.1) is 0 Å². The summed E-state index contributed by atoms with van der Waals surface area (Å²) in [6.45, 7) is 2.16. The summed E-state index contributed by atoms with van der Waals surface area (Å²) in [7, 11) is 0. The van der Waals surface area contributed by atoms with Crippen LogP contribution in [0.15, 0.2) is 48.5 Å². The first-order valence-corrected chi connectivity index (χ1v) is 7.63. The summed E-state index contributed by atoms with van der Waals surface area (Å²) in [6, 6.07) is 12.8. The molecule has 2 aromatic rings. The molecule has 1 aliphatic heterocycles. The van der Waals surface area contributed by atoms with Gasteiger partial charge in [0.25, 0.3) is 0 Å². The summed E-state index contributed by atoms with van der Waals surface area (Å²) in [5.41, 5.74) is 1.84. The van der Waals surface area contributed by atoms with E-state index in [0.717, 1.165) is 16.9 Å². The first kappa shape index (κ1) is 15.4. The van der Waals surface area contributed by atoms with Crippen LogP contribution in [0.3, 0.4) is 0 Å². The minimum absolute atomic E-state index is 0.138. The molecule has 2 aromatic carbocycles. The van der Waals surface area contributed by atoms with Gasteiger partial charge in [-0.2, -0.15) is 0 Å². The van der Waals surface area contributed by atoms with Gasteiger partial charge in [0.05, 0.1) is 6.04 Å². The Kier molecular flexibility index (Phi) is 4.53. The molecule has 118 valence electrons. The van der Waals surface area contributed by atoms with Crippen molar-refractivity contribution >= 4 is 23.6 Å². The number of nitrogens with one attached hydrogen (secondary N) is 1. The lowest BCUT2D eigenvalue weighted by atomic mass is 10.1. The third-order valence-corrected chi connectivity index (χ3v) is 3.77. The molecule has 4 nitrogen and oxygen atoms in total. The van der Waals surface area contributed by atoms with Gasteiger partial charge in [-0.15, -0.1) is 0 Å². The first-order valence-electron chi connectivity index (χ1n) is 7.25. The molecule has 0 aliphatic carbocycles. The molecule has 5 heteroatoms. The van der Waals surface area contributed by atoms with Gasteiger partial charge in [-0.05, 0) is 48.4 Å². The van der Waals surface area contributed by atoms with Crippen molar-refractivity contribution in [2.45, 2.75) is 13.0 Å². The monoisotopic (exact) mass is 329 g/mol. The van der Waals surface area contributed by atoms with Gasteiger partial charge in [-0.1, -0.05) is 29.8 Å². The number of ether oxygens (including phenoxy) is 2. The molecule has 1 heterocycles. The standard InChI is InChI=1S/C18H16ClNO3/c1-12(14-6-7-16-17(10-14)23-11-22-16)20-18(21)8-5-13-3-2-4-15(19)9-13/h2-10,12H,11H2,1H3,(H,20,21). The summed E-state index contributed by atoms with van der Waals surface area (Å²) in [4.78, 5) is 12.0. The summed E-state index contributed by atoms with van der Waals surface area (Å²) in [6.07, 6.45) is 3.22.